The Labute approximate surface area is 147 Å². The lowest BCUT2D eigenvalue weighted by Gasteiger charge is -2.26. The van der Waals surface area contributed by atoms with E-state index in [0.29, 0.717) is 13.0 Å². The highest BCUT2D eigenvalue weighted by Gasteiger charge is 2.26. The minimum absolute atomic E-state index is 0.151. The van der Waals surface area contributed by atoms with Crippen LogP contribution in [0.4, 0.5) is 5.69 Å². The van der Waals surface area contributed by atoms with Crippen LogP contribution < -0.4 is 16.0 Å². The molecule has 0 bridgehead atoms. The minimum atomic E-state index is -0.605. The predicted octanol–water partition coefficient (Wildman–Crippen LogP) is 2.15. The molecule has 1 aliphatic rings. The standard InChI is InChI=1S/C20H23N3O2/c1-13-6-5-9-17(10-13)23-19(24)14(2)22-20(25)18-11-15-7-3-4-8-16(15)12-21-18/h3-10,14,18,21H,11-12H2,1-2H3,(H,22,25)(H,23,24)/t14-,18-/m1/s1. The first-order chi connectivity index (χ1) is 12.0. The second kappa shape index (κ2) is 7.49. The Morgan fingerprint density at radius 2 is 1.88 bits per heavy atom. The normalized spacial score (nSPS) is 17.3. The third-order valence-electron chi connectivity index (χ3n) is 4.44. The first-order valence-corrected chi connectivity index (χ1v) is 8.51. The van der Waals surface area contributed by atoms with Crippen molar-refractivity contribution < 1.29 is 9.59 Å². The fourth-order valence-corrected chi connectivity index (χ4v) is 2.99. The highest BCUT2D eigenvalue weighted by molar-refractivity contribution is 5.97. The van der Waals surface area contributed by atoms with Gasteiger partial charge in [-0.3, -0.25) is 9.59 Å². The van der Waals surface area contributed by atoms with Crippen molar-refractivity contribution in [1.29, 1.82) is 0 Å². The zero-order valence-electron chi connectivity index (χ0n) is 14.5. The van der Waals surface area contributed by atoms with E-state index >= 15 is 0 Å². The quantitative estimate of drug-likeness (QED) is 0.801. The summed E-state index contributed by atoms with van der Waals surface area (Å²) in [6.07, 6.45) is 0.633. The van der Waals surface area contributed by atoms with Gasteiger partial charge in [-0.15, -0.1) is 0 Å². The van der Waals surface area contributed by atoms with E-state index in [4.69, 9.17) is 0 Å². The number of nitrogens with one attached hydrogen (secondary N) is 3. The molecule has 0 aliphatic carbocycles. The number of hydrogen-bond donors (Lipinski definition) is 3. The van der Waals surface area contributed by atoms with Gasteiger partial charge in [0, 0.05) is 12.2 Å². The molecule has 0 saturated carbocycles. The molecule has 2 atom stereocenters. The third-order valence-corrected chi connectivity index (χ3v) is 4.44. The summed E-state index contributed by atoms with van der Waals surface area (Å²) in [5, 5.41) is 8.87. The Kier molecular flexibility index (Phi) is 5.14. The van der Waals surface area contributed by atoms with Crippen molar-refractivity contribution in [3.63, 3.8) is 0 Å². The molecule has 0 radical (unpaired) electrons. The maximum absolute atomic E-state index is 12.5. The topological polar surface area (TPSA) is 70.2 Å². The van der Waals surface area contributed by atoms with E-state index in [1.165, 1.54) is 11.1 Å². The predicted molar refractivity (Wildman–Crippen MR) is 98.2 cm³/mol. The van der Waals surface area contributed by atoms with E-state index in [2.05, 4.69) is 22.0 Å². The number of benzene rings is 2. The molecule has 0 saturated heterocycles. The van der Waals surface area contributed by atoms with Gasteiger partial charge in [-0.25, -0.2) is 0 Å². The van der Waals surface area contributed by atoms with Crippen LogP contribution in [0.1, 0.15) is 23.6 Å². The maximum Gasteiger partial charge on any atom is 0.246 e. The monoisotopic (exact) mass is 337 g/mol. The lowest BCUT2D eigenvalue weighted by molar-refractivity contribution is -0.127. The summed E-state index contributed by atoms with van der Waals surface area (Å²) in [5.74, 6) is -0.378. The van der Waals surface area contributed by atoms with Crippen LogP contribution in [0.25, 0.3) is 0 Å². The van der Waals surface area contributed by atoms with Crippen molar-refractivity contribution in [3.05, 3.63) is 65.2 Å². The average molecular weight is 337 g/mol. The highest BCUT2D eigenvalue weighted by atomic mass is 16.2. The average Bonchev–Trinajstić information content (AvgIpc) is 2.61. The smallest absolute Gasteiger partial charge is 0.246 e. The molecule has 0 unspecified atom stereocenters. The van der Waals surface area contributed by atoms with Crippen molar-refractivity contribution in [2.24, 2.45) is 0 Å². The molecule has 1 aliphatic heterocycles. The molecule has 2 aromatic rings. The Balaban J connectivity index is 1.56. The molecule has 3 rings (SSSR count). The van der Waals surface area contributed by atoms with Gasteiger partial charge in [0.15, 0.2) is 0 Å². The van der Waals surface area contributed by atoms with Crippen molar-refractivity contribution in [2.45, 2.75) is 38.9 Å². The summed E-state index contributed by atoms with van der Waals surface area (Å²) in [5.41, 5.74) is 4.20. The van der Waals surface area contributed by atoms with Crippen LogP contribution in [0.3, 0.4) is 0 Å². The van der Waals surface area contributed by atoms with Crippen molar-refractivity contribution >= 4 is 17.5 Å². The summed E-state index contributed by atoms with van der Waals surface area (Å²) in [4.78, 5) is 24.8. The second-order valence-electron chi connectivity index (χ2n) is 6.50. The summed E-state index contributed by atoms with van der Waals surface area (Å²) in [6, 6.07) is 14.8. The summed E-state index contributed by atoms with van der Waals surface area (Å²) in [7, 11) is 0. The van der Waals surface area contributed by atoms with Gasteiger partial charge in [0.05, 0.1) is 6.04 Å². The lowest BCUT2D eigenvalue weighted by atomic mass is 9.95. The van der Waals surface area contributed by atoms with E-state index in [9.17, 15) is 9.59 Å². The molecule has 0 aromatic heterocycles. The molecular weight excluding hydrogens is 314 g/mol. The van der Waals surface area contributed by atoms with Gasteiger partial charge >= 0.3 is 0 Å². The van der Waals surface area contributed by atoms with E-state index in [1.54, 1.807) is 6.92 Å². The molecule has 5 heteroatoms. The van der Waals surface area contributed by atoms with Crippen LogP contribution in [-0.4, -0.2) is 23.9 Å². The number of carbonyl (C=O) groups is 2. The van der Waals surface area contributed by atoms with Crippen LogP contribution in [0.5, 0.6) is 0 Å². The Bertz CT molecular complexity index is 788. The number of fused-ring (bicyclic) bond motifs is 1. The summed E-state index contributed by atoms with van der Waals surface area (Å²) < 4.78 is 0. The molecular formula is C20H23N3O2. The Morgan fingerprint density at radius 3 is 2.64 bits per heavy atom. The van der Waals surface area contributed by atoms with Crippen LogP contribution in [0, 0.1) is 6.92 Å². The largest absolute Gasteiger partial charge is 0.343 e. The van der Waals surface area contributed by atoms with E-state index in [0.717, 1.165) is 11.3 Å². The molecule has 3 N–H and O–H groups in total. The van der Waals surface area contributed by atoms with E-state index in [1.807, 2.05) is 49.4 Å². The molecule has 2 amide bonds. The molecule has 2 aromatic carbocycles. The molecule has 25 heavy (non-hydrogen) atoms. The molecule has 130 valence electrons. The highest BCUT2D eigenvalue weighted by Crippen LogP contribution is 2.16. The number of hydrogen-bond acceptors (Lipinski definition) is 3. The van der Waals surface area contributed by atoms with Crippen molar-refractivity contribution in [1.82, 2.24) is 10.6 Å². The van der Waals surface area contributed by atoms with Gasteiger partial charge in [0.25, 0.3) is 0 Å². The number of rotatable bonds is 4. The van der Waals surface area contributed by atoms with Gasteiger partial charge in [-0.2, -0.15) is 0 Å². The zero-order valence-corrected chi connectivity index (χ0v) is 14.5. The Morgan fingerprint density at radius 1 is 1.12 bits per heavy atom. The molecule has 0 spiro atoms. The zero-order chi connectivity index (χ0) is 17.8. The van der Waals surface area contributed by atoms with Crippen LogP contribution in [-0.2, 0) is 22.6 Å². The van der Waals surface area contributed by atoms with Crippen molar-refractivity contribution in [2.75, 3.05) is 5.32 Å². The van der Waals surface area contributed by atoms with Crippen molar-refractivity contribution in [3.8, 4) is 0 Å². The summed E-state index contributed by atoms with van der Waals surface area (Å²) in [6.45, 7) is 4.32. The van der Waals surface area contributed by atoms with Gasteiger partial charge in [0.1, 0.15) is 6.04 Å². The van der Waals surface area contributed by atoms with Gasteiger partial charge in [-0.05, 0) is 49.1 Å². The first kappa shape index (κ1) is 17.2. The fraction of sp³-hybridized carbons (Fsp3) is 0.300. The number of carbonyl (C=O) groups excluding carboxylic acids is 2. The van der Waals surface area contributed by atoms with Gasteiger partial charge in [-0.1, -0.05) is 36.4 Å². The van der Waals surface area contributed by atoms with Gasteiger partial charge in [0.2, 0.25) is 11.8 Å². The molecule has 1 heterocycles. The maximum atomic E-state index is 12.5. The SMILES string of the molecule is Cc1cccc(NC(=O)[C@@H](C)NC(=O)[C@H]2Cc3ccccc3CN2)c1. The van der Waals surface area contributed by atoms with E-state index in [-0.39, 0.29) is 17.9 Å². The van der Waals surface area contributed by atoms with E-state index < -0.39 is 6.04 Å². The Hall–Kier alpha value is -2.66. The van der Waals surface area contributed by atoms with Crippen LogP contribution >= 0.6 is 0 Å². The van der Waals surface area contributed by atoms with Crippen LogP contribution in [0.2, 0.25) is 0 Å². The third kappa shape index (κ3) is 4.25. The molecule has 5 nitrogen and oxygen atoms in total. The minimum Gasteiger partial charge on any atom is -0.343 e. The van der Waals surface area contributed by atoms with Crippen LogP contribution in [0.15, 0.2) is 48.5 Å². The number of amides is 2. The lowest BCUT2D eigenvalue weighted by Crippen LogP contribution is -2.52. The van der Waals surface area contributed by atoms with Gasteiger partial charge < -0.3 is 16.0 Å². The number of anilines is 1. The fourth-order valence-electron chi connectivity index (χ4n) is 2.99. The summed E-state index contributed by atoms with van der Waals surface area (Å²) >= 11 is 0. The number of aryl methyl sites for hydroxylation is 1. The molecule has 0 fully saturated rings. The first-order valence-electron chi connectivity index (χ1n) is 8.51. The second-order valence-corrected chi connectivity index (χ2v) is 6.50.